The second-order valence-corrected chi connectivity index (χ2v) is 3.58. The van der Waals surface area contributed by atoms with Crippen molar-refractivity contribution in [3.05, 3.63) is 28.8 Å². The van der Waals surface area contributed by atoms with E-state index in [1.165, 1.54) is 0 Å². The van der Waals surface area contributed by atoms with E-state index in [1.807, 2.05) is 0 Å². The Balaban J connectivity index is 3.15. The summed E-state index contributed by atoms with van der Waals surface area (Å²) >= 11 is 0. The number of anilines is 1. The Bertz CT molecular complexity index is 356. The summed E-state index contributed by atoms with van der Waals surface area (Å²) in [5.41, 5.74) is 2.48. The molecule has 0 saturated carbocycles. The predicted molar refractivity (Wildman–Crippen MR) is 55.2 cm³/mol. The first kappa shape index (κ1) is 11.9. The first-order valence-electron chi connectivity index (χ1n) is 4.68. The van der Waals surface area contributed by atoms with E-state index in [0.717, 1.165) is 5.69 Å². The molecule has 84 valence electrons. The molecule has 1 rings (SSSR count). The van der Waals surface area contributed by atoms with Gasteiger partial charge >= 0.3 is 6.18 Å². The number of alkyl halides is 3. The van der Waals surface area contributed by atoms with E-state index in [0.29, 0.717) is 16.7 Å². The Hall–Kier alpha value is -1.19. The number of hydrogen-bond donors (Lipinski definition) is 1. The van der Waals surface area contributed by atoms with Gasteiger partial charge in [0.1, 0.15) is 0 Å². The summed E-state index contributed by atoms with van der Waals surface area (Å²) in [6.07, 6.45) is -5.01. The smallest absolute Gasteiger partial charge is 0.388 e. The van der Waals surface area contributed by atoms with Crippen molar-refractivity contribution in [2.24, 2.45) is 0 Å². The third-order valence-electron chi connectivity index (χ3n) is 2.48. The number of aryl methyl sites for hydroxylation is 1. The zero-order chi connectivity index (χ0) is 11.6. The summed E-state index contributed by atoms with van der Waals surface area (Å²) in [7, 11) is 1.70. The molecule has 0 amide bonds. The fourth-order valence-electron chi connectivity index (χ4n) is 1.64. The van der Waals surface area contributed by atoms with Crippen molar-refractivity contribution in [1.29, 1.82) is 0 Å². The van der Waals surface area contributed by atoms with E-state index in [4.69, 9.17) is 0 Å². The molecular weight excluding hydrogens is 203 g/mol. The van der Waals surface area contributed by atoms with Gasteiger partial charge in [0.25, 0.3) is 0 Å². The molecule has 0 fully saturated rings. The summed E-state index contributed by atoms with van der Waals surface area (Å²) in [6.45, 7) is 3.41. The molecule has 1 N–H and O–H groups in total. The van der Waals surface area contributed by atoms with Crippen LogP contribution in [0.4, 0.5) is 18.9 Å². The van der Waals surface area contributed by atoms with E-state index >= 15 is 0 Å². The van der Waals surface area contributed by atoms with Gasteiger partial charge in [-0.2, -0.15) is 13.2 Å². The first-order chi connectivity index (χ1) is 6.85. The van der Waals surface area contributed by atoms with Crippen LogP contribution in [0.2, 0.25) is 0 Å². The fourth-order valence-corrected chi connectivity index (χ4v) is 1.64. The molecule has 0 saturated heterocycles. The Labute approximate surface area is 87.3 Å². The minimum absolute atomic E-state index is 0.370. The number of nitrogens with one attached hydrogen (secondary N) is 1. The number of halogens is 3. The van der Waals surface area contributed by atoms with Crippen molar-refractivity contribution in [1.82, 2.24) is 0 Å². The summed E-state index contributed by atoms with van der Waals surface area (Å²) < 4.78 is 36.9. The van der Waals surface area contributed by atoms with Gasteiger partial charge in [-0.15, -0.1) is 0 Å². The van der Waals surface area contributed by atoms with E-state index in [-0.39, 0.29) is 0 Å². The predicted octanol–water partition coefficient (Wildman–Crippen LogP) is 3.45. The van der Waals surface area contributed by atoms with E-state index in [9.17, 15) is 13.2 Å². The van der Waals surface area contributed by atoms with Crippen LogP contribution in [-0.4, -0.2) is 13.2 Å². The van der Waals surface area contributed by atoms with Gasteiger partial charge in [0.2, 0.25) is 0 Å². The van der Waals surface area contributed by atoms with Crippen molar-refractivity contribution >= 4 is 5.69 Å². The molecule has 0 atom stereocenters. The molecule has 0 aliphatic rings. The van der Waals surface area contributed by atoms with Crippen molar-refractivity contribution in [2.75, 3.05) is 12.4 Å². The molecule has 0 unspecified atom stereocenters. The van der Waals surface area contributed by atoms with E-state index < -0.39 is 12.6 Å². The highest BCUT2D eigenvalue weighted by Gasteiger charge is 2.29. The molecule has 0 spiro atoms. The van der Waals surface area contributed by atoms with Gasteiger partial charge in [-0.3, -0.25) is 0 Å². The van der Waals surface area contributed by atoms with Crippen LogP contribution in [0.15, 0.2) is 12.1 Å². The third-order valence-corrected chi connectivity index (χ3v) is 2.48. The number of rotatable bonds is 2. The maximum Gasteiger partial charge on any atom is 0.393 e. The molecule has 0 radical (unpaired) electrons. The average molecular weight is 217 g/mol. The topological polar surface area (TPSA) is 12.0 Å². The minimum Gasteiger partial charge on any atom is -0.388 e. The summed E-state index contributed by atoms with van der Waals surface area (Å²) in [6, 6.07) is 3.50. The molecular formula is C11H14F3N. The van der Waals surface area contributed by atoms with Gasteiger partial charge in [-0.25, -0.2) is 0 Å². The van der Waals surface area contributed by atoms with Gasteiger partial charge in [0.05, 0.1) is 6.42 Å². The lowest BCUT2D eigenvalue weighted by atomic mass is 9.98. The zero-order valence-electron chi connectivity index (χ0n) is 9.00. The highest BCUT2D eigenvalue weighted by atomic mass is 19.4. The zero-order valence-corrected chi connectivity index (χ0v) is 9.00. The Morgan fingerprint density at radius 2 is 1.80 bits per heavy atom. The van der Waals surface area contributed by atoms with Crippen LogP contribution >= 0.6 is 0 Å². The standard InChI is InChI=1S/C11H14F3N/c1-7-4-5-10(15-3)8(2)9(7)6-11(12,13)14/h4-5,15H,6H2,1-3H3. The Morgan fingerprint density at radius 1 is 1.20 bits per heavy atom. The van der Waals surface area contributed by atoms with Crippen LogP contribution < -0.4 is 5.32 Å². The molecule has 0 aliphatic carbocycles. The van der Waals surface area contributed by atoms with Crippen LogP contribution in [0.5, 0.6) is 0 Å². The summed E-state index contributed by atoms with van der Waals surface area (Å²) in [4.78, 5) is 0. The Kier molecular flexibility index (Phi) is 3.27. The van der Waals surface area contributed by atoms with Crippen LogP contribution in [0.3, 0.4) is 0 Å². The maximum atomic E-state index is 12.3. The first-order valence-corrected chi connectivity index (χ1v) is 4.68. The van der Waals surface area contributed by atoms with Gasteiger partial charge in [0, 0.05) is 12.7 Å². The fraction of sp³-hybridized carbons (Fsp3) is 0.455. The molecule has 0 aromatic heterocycles. The van der Waals surface area contributed by atoms with Crippen LogP contribution in [-0.2, 0) is 6.42 Å². The molecule has 0 bridgehead atoms. The van der Waals surface area contributed by atoms with Gasteiger partial charge in [0.15, 0.2) is 0 Å². The number of benzene rings is 1. The SMILES string of the molecule is CNc1ccc(C)c(CC(F)(F)F)c1C. The van der Waals surface area contributed by atoms with E-state index in [1.54, 1.807) is 33.0 Å². The lowest BCUT2D eigenvalue weighted by molar-refractivity contribution is -0.127. The molecule has 0 heterocycles. The monoisotopic (exact) mass is 217 g/mol. The molecule has 1 aromatic carbocycles. The number of hydrogen-bond acceptors (Lipinski definition) is 1. The lowest BCUT2D eigenvalue weighted by Gasteiger charge is -2.15. The van der Waals surface area contributed by atoms with Crippen molar-refractivity contribution in [3.8, 4) is 0 Å². The van der Waals surface area contributed by atoms with Gasteiger partial charge in [-0.1, -0.05) is 6.07 Å². The maximum absolute atomic E-state index is 12.3. The van der Waals surface area contributed by atoms with Crippen molar-refractivity contribution in [2.45, 2.75) is 26.4 Å². The van der Waals surface area contributed by atoms with Crippen LogP contribution in [0.1, 0.15) is 16.7 Å². The second kappa shape index (κ2) is 4.13. The largest absolute Gasteiger partial charge is 0.393 e. The summed E-state index contributed by atoms with van der Waals surface area (Å²) in [5.74, 6) is 0. The molecule has 4 heteroatoms. The van der Waals surface area contributed by atoms with Crippen molar-refractivity contribution in [3.63, 3.8) is 0 Å². The van der Waals surface area contributed by atoms with Crippen LogP contribution in [0, 0.1) is 13.8 Å². The second-order valence-electron chi connectivity index (χ2n) is 3.58. The van der Waals surface area contributed by atoms with Gasteiger partial charge < -0.3 is 5.32 Å². The van der Waals surface area contributed by atoms with E-state index in [2.05, 4.69) is 5.32 Å². The molecule has 1 nitrogen and oxygen atoms in total. The van der Waals surface area contributed by atoms with Gasteiger partial charge in [-0.05, 0) is 36.6 Å². The van der Waals surface area contributed by atoms with Crippen molar-refractivity contribution < 1.29 is 13.2 Å². The highest BCUT2D eigenvalue weighted by Crippen LogP contribution is 2.29. The quantitative estimate of drug-likeness (QED) is 0.800. The average Bonchev–Trinajstić information content (AvgIpc) is 2.11. The lowest BCUT2D eigenvalue weighted by Crippen LogP contribution is -2.14. The summed E-state index contributed by atoms with van der Waals surface area (Å²) in [5, 5.41) is 2.88. The highest BCUT2D eigenvalue weighted by molar-refractivity contribution is 5.56. The minimum atomic E-state index is -4.15. The molecule has 0 aliphatic heterocycles. The molecule has 1 aromatic rings. The molecule has 15 heavy (non-hydrogen) atoms. The Morgan fingerprint density at radius 3 is 2.27 bits per heavy atom. The van der Waals surface area contributed by atoms with Crippen LogP contribution in [0.25, 0.3) is 0 Å². The normalized spacial score (nSPS) is 11.6. The third kappa shape index (κ3) is 2.88.